The summed E-state index contributed by atoms with van der Waals surface area (Å²) in [4.78, 5) is 0. The quantitative estimate of drug-likeness (QED) is 0.185. The SMILES string of the molecule is c1ccc(-n2c3ccccc3c3cc(-n4c5ccccc5c5ccc6c7ccccc7n(-c7ccc8oc9ccccc9c8c7)c6c54)ccc32)cc1. The van der Waals surface area contributed by atoms with Gasteiger partial charge in [-0.2, -0.15) is 0 Å². The van der Waals surface area contributed by atoms with Crippen molar-refractivity contribution < 1.29 is 4.42 Å². The Labute approximate surface area is 297 Å². The molecule has 0 saturated heterocycles. The van der Waals surface area contributed by atoms with Gasteiger partial charge in [0.05, 0.1) is 33.1 Å². The molecule has 0 aliphatic carbocycles. The Morgan fingerprint density at radius 3 is 1.38 bits per heavy atom. The van der Waals surface area contributed by atoms with E-state index < -0.39 is 0 Å². The average Bonchev–Trinajstić information content (AvgIpc) is 3.94. The highest BCUT2D eigenvalue weighted by molar-refractivity contribution is 6.24. The zero-order valence-electron chi connectivity index (χ0n) is 28.0. The molecular weight excluding hydrogens is 635 g/mol. The number of fused-ring (bicyclic) bond motifs is 13. The first-order valence-corrected chi connectivity index (χ1v) is 17.8. The van der Waals surface area contributed by atoms with E-state index in [2.05, 4.69) is 177 Å². The summed E-state index contributed by atoms with van der Waals surface area (Å²) in [5.41, 5.74) is 12.3. The van der Waals surface area contributed by atoms with E-state index in [0.717, 1.165) is 39.0 Å². The van der Waals surface area contributed by atoms with Crippen molar-refractivity contribution in [2.45, 2.75) is 0 Å². The Morgan fingerprint density at radius 1 is 0.269 bits per heavy atom. The van der Waals surface area contributed by atoms with Crippen LogP contribution in [0.5, 0.6) is 0 Å². The minimum absolute atomic E-state index is 0.896. The van der Waals surface area contributed by atoms with Crippen LogP contribution in [0.15, 0.2) is 180 Å². The van der Waals surface area contributed by atoms with E-state index >= 15 is 0 Å². The second kappa shape index (κ2) is 10.3. The first kappa shape index (κ1) is 27.7. The van der Waals surface area contributed by atoms with Gasteiger partial charge in [0.1, 0.15) is 11.2 Å². The van der Waals surface area contributed by atoms with Gasteiger partial charge >= 0.3 is 0 Å². The molecule has 0 aliphatic rings. The maximum atomic E-state index is 6.27. The average molecular weight is 664 g/mol. The van der Waals surface area contributed by atoms with Crippen molar-refractivity contribution in [1.82, 2.24) is 13.7 Å². The lowest BCUT2D eigenvalue weighted by atomic mass is 10.1. The number of furan rings is 1. The molecule has 0 aliphatic heterocycles. The fourth-order valence-electron chi connectivity index (χ4n) is 8.85. The van der Waals surface area contributed by atoms with Crippen molar-refractivity contribution in [3.05, 3.63) is 176 Å². The van der Waals surface area contributed by atoms with Gasteiger partial charge in [-0.25, -0.2) is 0 Å². The summed E-state index contributed by atoms with van der Waals surface area (Å²) in [6.45, 7) is 0. The molecule has 4 nitrogen and oxygen atoms in total. The van der Waals surface area contributed by atoms with Crippen LogP contribution in [0.2, 0.25) is 0 Å². The molecule has 8 aromatic carbocycles. The van der Waals surface area contributed by atoms with Gasteiger partial charge in [0.2, 0.25) is 0 Å². The van der Waals surface area contributed by atoms with Gasteiger partial charge in [0.15, 0.2) is 0 Å². The Kier molecular flexibility index (Phi) is 5.47. The van der Waals surface area contributed by atoms with E-state index in [0.29, 0.717) is 0 Å². The highest BCUT2D eigenvalue weighted by Crippen LogP contribution is 2.43. The molecule has 242 valence electrons. The Hall–Kier alpha value is -7.04. The lowest BCUT2D eigenvalue weighted by molar-refractivity contribution is 0.669. The largest absolute Gasteiger partial charge is 0.456 e. The maximum absolute atomic E-state index is 6.27. The Balaban J connectivity index is 1.23. The topological polar surface area (TPSA) is 27.9 Å². The fraction of sp³-hybridized carbons (Fsp3) is 0. The predicted octanol–water partition coefficient (Wildman–Crippen LogP) is 12.9. The first-order valence-electron chi connectivity index (χ1n) is 17.8. The third kappa shape index (κ3) is 3.65. The third-order valence-corrected chi connectivity index (χ3v) is 11.0. The van der Waals surface area contributed by atoms with E-state index in [1.54, 1.807) is 0 Å². The summed E-state index contributed by atoms with van der Waals surface area (Å²) in [5, 5.41) is 9.64. The van der Waals surface area contributed by atoms with E-state index in [9.17, 15) is 0 Å². The van der Waals surface area contributed by atoms with Crippen LogP contribution in [-0.2, 0) is 0 Å². The van der Waals surface area contributed by atoms with Gasteiger partial charge in [-0.1, -0.05) is 103 Å². The van der Waals surface area contributed by atoms with E-state index in [1.807, 2.05) is 12.1 Å². The normalized spacial score (nSPS) is 12.2. The van der Waals surface area contributed by atoms with Crippen LogP contribution in [0.25, 0.3) is 104 Å². The van der Waals surface area contributed by atoms with Gasteiger partial charge < -0.3 is 18.1 Å². The number of aromatic nitrogens is 3. The molecule has 0 saturated carbocycles. The molecule has 12 aromatic rings. The van der Waals surface area contributed by atoms with Gasteiger partial charge in [-0.3, -0.25) is 0 Å². The van der Waals surface area contributed by atoms with Crippen molar-refractivity contribution in [2.75, 3.05) is 0 Å². The molecule has 0 atom stereocenters. The summed E-state index contributed by atoms with van der Waals surface area (Å²) >= 11 is 0. The van der Waals surface area contributed by atoms with Crippen molar-refractivity contribution in [2.24, 2.45) is 0 Å². The molecule has 0 N–H and O–H groups in total. The van der Waals surface area contributed by atoms with Gasteiger partial charge in [-0.05, 0) is 72.8 Å². The molecule has 4 heterocycles. The summed E-state index contributed by atoms with van der Waals surface area (Å²) < 4.78 is 13.6. The molecule has 0 bridgehead atoms. The monoisotopic (exact) mass is 663 g/mol. The van der Waals surface area contributed by atoms with Crippen LogP contribution in [0.3, 0.4) is 0 Å². The van der Waals surface area contributed by atoms with Crippen molar-refractivity contribution in [3.63, 3.8) is 0 Å². The number of hydrogen-bond donors (Lipinski definition) is 0. The van der Waals surface area contributed by atoms with Gasteiger partial charge in [0.25, 0.3) is 0 Å². The standard InChI is InChI=1S/C48H29N3O/c1-2-12-30(13-3-1)49-41-18-8-6-16-35(41)39-28-31(22-26-44(39)49)50-42-19-9-4-14-33(42)37-24-25-38-34-15-5-10-20-43(34)51(48(38)47(37)50)32-23-27-46-40(29-32)36-17-7-11-21-45(36)52-46/h1-29H. The van der Waals surface area contributed by atoms with E-state index in [1.165, 1.54) is 65.4 Å². The zero-order valence-corrected chi connectivity index (χ0v) is 28.0. The molecule has 0 fully saturated rings. The molecule has 4 heteroatoms. The second-order valence-corrected chi connectivity index (χ2v) is 13.7. The first-order chi connectivity index (χ1) is 25.8. The predicted molar refractivity (Wildman–Crippen MR) is 217 cm³/mol. The molecular formula is C48H29N3O. The second-order valence-electron chi connectivity index (χ2n) is 13.7. The Bertz CT molecular complexity index is 3410. The summed E-state index contributed by atoms with van der Waals surface area (Å²) in [7, 11) is 0. The zero-order chi connectivity index (χ0) is 33.9. The molecule has 0 amide bonds. The van der Waals surface area contributed by atoms with Crippen LogP contribution < -0.4 is 0 Å². The number of para-hydroxylation sites is 5. The van der Waals surface area contributed by atoms with Crippen LogP contribution in [0.4, 0.5) is 0 Å². The van der Waals surface area contributed by atoms with Crippen LogP contribution in [0.1, 0.15) is 0 Å². The minimum Gasteiger partial charge on any atom is -0.456 e. The highest BCUT2D eigenvalue weighted by Gasteiger charge is 2.22. The lowest BCUT2D eigenvalue weighted by Gasteiger charge is -2.13. The molecule has 0 unspecified atom stereocenters. The van der Waals surface area contributed by atoms with Crippen molar-refractivity contribution in [3.8, 4) is 17.1 Å². The molecule has 4 aromatic heterocycles. The van der Waals surface area contributed by atoms with Crippen molar-refractivity contribution in [1.29, 1.82) is 0 Å². The van der Waals surface area contributed by atoms with Gasteiger partial charge in [0, 0.05) is 60.2 Å². The van der Waals surface area contributed by atoms with Crippen molar-refractivity contribution >= 4 is 87.4 Å². The van der Waals surface area contributed by atoms with E-state index in [-0.39, 0.29) is 0 Å². The van der Waals surface area contributed by atoms with Crippen LogP contribution >= 0.6 is 0 Å². The smallest absolute Gasteiger partial charge is 0.135 e. The van der Waals surface area contributed by atoms with E-state index in [4.69, 9.17) is 4.42 Å². The number of rotatable bonds is 3. The van der Waals surface area contributed by atoms with Crippen LogP contribution in [0, 0.1) is 0 Å². The number of nitrogens with zero attached hydrogens (tertiary/aromatic N) is 3. The lowest BCUT2D eigenvalue weighted by Crippen LogP contribution is -1.99. The van der Waals surface area contributed by atoms with Gasteiger partial charge in [-0.15, -0.1) is 0 Å². The highest BCUT2D eigenvalue weighted by atomic mass is 16.3. The maximum Gasteiger partial charge on any atom is 0.135 e. The number of benzene rings is 8. The molecule has 0 spiro atoms. The summed E-state index contributed by atoms with van der Waals surface area (Å²) in [6.07, 6.45) is 0. The number of hydrogen-bond acceptors (Lipinski definition) is 1. The Morgan fingerprint density at radius 2 is 0.731 bits per heavy atom. The molecule has 0 radical (unpaired) electrons. The summed E-state index contributed by atoms with van der Waals surface area (Å²) in [5.74, 6) is 0. The molecule has 52 heavy (non-hydrogen) atoms. The summed E-state index contributed by atoms with van der Waals surface area (Å²) in [6, 6.07) is 63.6. The minimum atomic E-state index is 0.896. The fourth-order valence-corrected chi connectivity index (χ4v) is 8.85. The van der Waals surface area contributed by atoms with Crippen LogP contribution in [-0.4, -0.2) is 13.7 Å². The third-order valence-electron chi connectivity index (χ3n) is 11.0. The molecule has 12 rings (SSSR count).